The van der Waals surface area contributed by atoms with Crippen LogP contribution >= 0.6 is 0 Å². The first kappa shape index (κ1) is 19.3. The van der Waals surface area contributed by atoms with Gasteiger partial charge in [-0.2, -0.15) is 0 Å². The molecule has 1 heterocycles. The van der Waals surface area contributed by atoms with Gasteiger partial charge in [0.15, 0.2) is 11.6 Å². The van der Waals surface area contributed by atoms with E-state index in [4.69, 9.17) is 5.73 Å². The van der Waals surface area contributed by atoms with Crippen LogP contribution in [0.15, 0.2) is 36.4 Å². The number of hydrogen-bond donors (Lipinski definition) is 2. The van der Waals surface area contributed by atoms with Crippen LogP contribution in [0.25, 0.3) is 0 Å². The number of rotatable bonds is 5. The van der Waals surface area contributed by atoms with E-state index in [0.29, 0.717) is 18.5 Å². The maximum Gasteiger partial charge on any atom is 0.316 e. The number of piperidine rings is 1. The molecule has 0 aliphatic carbocycles. The molecule has 3 N–H and O–H groups in total. The van der Waals surface area contributed by atoms with Gasteiger partial charge in [0.25, 0.3) is 0 Å². The number of urea groups is 1. The van der Waals surface area contributed by atoms with Gasteiger partial charge in [-0.15, -0.1) is 0 Å². The van der Waals surface area contributed by atoms with Crippen molar-refractivity contribution in [3.8, 4) is 0 Å². The van der Waals surface area contributed by atoms with Gasteiger partial charge in [0.2, 0.25) is 0 Å². The molecule has 1 unspecified atom stereocenters. The second-order valence-electron chi connectivity index (χ2n) is 7.25. The number of hydrogen-bond acceptors (Lipinski definition) is 2. The number of benzene rings is 2. The van der Waals surface area contributed by atoms with Gasteiger partial charge in [-0.1, -0.05) is 24.3 Å². The van der Waals surface area contributed by atoms with Crippen molar-refractivity contribution in [1.82, 2.24) is 4.90 Å². The second kappa shape index (κ2) is 8.48. The van der Waals surface area contributed by atoms with E-state index < -0.39 is 17.7 Å². The Bertz CT molecular complexity index is 825. The lowest BCUT2D eigenvalue weighted by molar-refractivity contribution is 0.166. The van der Waals surface area contributed by atoms with E-state index in [2.05, 4.69) is 10.2 Å². The highest BCUT2D eigenvalue weighted by Gasteiger charge is 2.23. The van der Waals surface area contributed by atoms with Crippen molar-refractivity contribution in [3.05, 3.63) is 64.7 Å². The Morgan fingerprint density at radius 3 is 2.81 bits per heavy atom. The Hall–Kier alpha value is -2.47. The third kappa shape index (κ3) is 4.83. The van der Waals surface area contributed by atoms with Crippen molar-refractivity contribution in [2.45, 2.75) is 32.7 Å². The first-order valence-corrected chi connectivity index (χ1v) is 9.24. The molecule has 4 nitrogen and oxygen atoms in total. The number of carbonyl (C=O) groups excluding carboxylic acids is 1. The zero-order chi connectivity index (χ0) is 19.4. The van der Waals surface area contributed by atoms with E-state index in [0.717, 1.165) is 48.8 Å². The van der Waals surface area contributed by atoms with Crippen LogP contribution in [-0.2, 0) is 13.0 Å². The highest BCUT2D eigenvalue weighted by molar-refractivity contribution is 5.88. The number of nitrogens with zero attached hydrogens (tertiary/aromatic N) is 1. The molecule has 0 aromatic heterocycles. The van der Waals surface area contributed by atoms with Gasteiger partial charge in [-0.05, 0) is 67.5 Å². The molecule has 6 heteroatoms. The first-order chi connectivity index (χ1) is 12.9. The summed E-state index contributed by atoms with van der Waals surface area (Å²) >= 11 is 0. The van der Waals surface area contributed by atoms with Gasteiger partial charge >= 0.3 is 6.03 Å². The Morgan fingerprint density at radius 2 is 2.04 bits per heavy atom. The average Bonchev–Trinajstić information content (AvgIpc) is 2.62. The Labute approximate surface area is 158 Å². The number of carbonyl (C=O) groups is 1. The molecule has 1 fully saturated rings. The fraction of sp³-hybridized carbons (Fsp3) is 0.381. The number of likely N-dealkylation sites (tertiary alicyclic amines) is 1. The van der Waals surface area contributed by atoms with E-state index in [-0.39, 0.29) is 5.92 Å². The molecule has 1 aliphatic heterocycles. The van der Waals surface area contributed by atoms with Gasteiger partial charge in [0, 0.05) is 18.8 Å². The van der Waals surface area contributed by atoms with Gasteiger partial charge in [0.05, 0.1) is 0 Å². The fourth-order valence-electron chi connectivity index (χ4n) is 3.86. The number of halogens is 2. The van der Waals surface area contributed by atoms with E-state index in [1.807, 2.05) is 25.1 Å². The normalized spacial score (nSPS) is 17.7. The molecule has 0 radical (unpaired) electrons. The number of nitrogens with two attached hydrogens (primary N) is 1. The van der Waals surface area contributed by atoms with Crippen LogP contribution < -0.4 is 11.1 Å². The molecule has 0 spiro atoms. The van der Waals surface area contributed by atoms with Gasteiger partial charge in [-0.25, -0.2) is 13.6 Å². The largest absolute Gasteiger partial charge is 0.351 e. The standard InChI is InChI=1S/C21H25F2N3O/c1-14-5-2-9-19(25-21(24)27)17(14)13-26-10-4-6-15(12-26)11-16-7-3-8-18(22)20(16)23/h2-3,5,7-9,15H,4,6,10-13H2,1H3,(H3,24,25,27). The topological polar surface area (TPSA) is 58.4 Å². The molecular weight excluding hydrogens is 348 g/mol. The Balaban J connectivity index is 1.70. The molecule has 27 heavy (non-hydrogen) atoms. The molecule has 0 saturated carbocycles. The predicted molar refractivity (Wildman–Crippen MR) is 102 cm³/mol. The van der Waals surface area contributed by atoms with Gasteiger partial charge in [-0.3, -0.25) is 4.90 Å². The third-order valence-electron chi connectivity index (χ3n) is 5.19. The number of primary amides is 1. The van der Waals surface area contributed by atoms with E-state index in [9.17, 15) is 13.6 Å². The van der Waals surface area contributed by atoms with Crippen molar-refractivity contribution >= 4 is 11.7 Å². The highest BCUT2D eigenvalue weighted by atomic mass is 19.2. The smallest absolute Gasteiger partial charge is 0.316 e. The van der Waals surface area contributed by atoms with Crippen LogP contribution in [0.1, 0.15) is 29.5 Å². The molecule has 0 bridgehead atoms. The predicted octanol–water partition coefficient (Wildman–Crippen LogP) is 4.22. The van der Waals surface area contributed by atoms with Gasteiger partial charge in [0.1, 0.15) is 0 Å². The quantitative estimate of drug-likeness (QED) is 0.824. The maximum absolute atomic E-state index is 14.0. The zero-order valence-corrected chi connectivity index (χ0v) is 15.5. The Morgan fingerprint density at radius 1 is 1.26 bits per heavy atom. The summed E-state index contributed by atoms with van der Waals surface area (Å²) in [7, 11) is 0. The first-order valence-electron chi connectivity index (χ1n) is 9.24. The lowest BCUT2D eigenvalue weighted by atomic mass is 9.90. The van der Waals surface area contributed by atoms with E-state index in [1.165, 1.54) is 0 Å². The molecule has 144 valence electrons. The van der Waals surface area contributed by atoms with Crippen LogP contribution in [0.2, 0.25) is 0 Å². The minimum absolute atomic E-state index is 0.270. The number of aryl methyl sites for hydroxylation is 1. The summed E-state index contributed by atoms with van der Waals surface area (Å²) in [6, 6.07) is 9.52. The molecule has 1 saturated heterocycles. The van der Waals surface area contributed by atoms with E-state index in [1.54, 1.807) is 12.1 Å². The van der Waals surface area contributed by atoms with Crippen molar-refractivity contribution in [2.75, 3.05) is 18.4 Å². The van der Waals surface area contributed by atoms with Crippen molar-refractivity contribution < 1.29 is 13.6 Å². The monoisotopic (exact) mass is 373 g/mol. The SMILES string of the molecule is Cc1cccc(NC(N)=O)c1CN1CCCC(Cc2cccc(F)c2F)C1. The van der Waals surface area contributed by atoms with Crippen molar-refractivity contribution in [3.63, 3.8) is 0 Å². The fourth-order valence-corrected chi connectivity index (χ4v) is 3.86. The molecule has 1 atom stereocenters. The Kier molecular flexibility index (Phi) is 6.06. The van der Waals surface area contributed by atoms with Gasteiger partial charge < -0.3 is 11.1 Å². The summed E-state index contributed by atoms with van der Waals surface area (Å²) in [6.07, 6.45) is 2.53. The highest BCUT2D eigenvalue weighted by Crippen LogP contribution is 2.27. The van der Waals surface area contributed by atoms with Crippen LogP contribution in [0.4, 0.5) is 19.3 Å². The maximum atomic E-state index is 14.0. The van der Waals surface area contributed by atoms with Crippen molar-refractivity contribution in [2.24, 2.45) is 11.7 Å². The molecule has 2 amide bonds. The molecule has 3 rings (SSSR count). The molecular formula is C21H25F2N3O. The summed E-state index contributed by atoms with van der Waals surface area (Å²) in [6.45, 7) is 4.43. The second-order valence-corrected chi connectivity index (χ2v) is 7.25. The summed E-state index contributed by atoms with van der Waals surface area (Å²) in [5.41, 5.74) is 8.56. The van der Waals surface area contributed by atoms with Crippen LogP contribution in [0.5, 0.6) is 0 Å². The van der Waals surface area contributed by atoms with Crippen LogP contribution in [-0.4, -0.2) is 24.0 Å². The lowest BCUT2D eigenvalue weighted by Crippen LogP contribution is -2.36. The number of amides is 2. The van der Waals surface area contributed by atoms with Crippen LogP contribution in [0.3, 0.4) is 0 Å². The van der Waals surface area contributed by atoms with Crippen LogP contribution in [0, 0.1) is 24.5 Å². The average molecular weight is 373 g/mol. The third-order valence-corrected chi connectivity index (χ3v) is 5.19. The molecule has 2 aromatic rings. The van der Waals surface area contributed by atoms with Crippen molar-refractivity contribution in [1.29, 1.82) is 0 Å². The molecule has 1 aliphatic rings. The summed E-state index contributed by atoms with van der Waals surface area (Å²) in [5.74, 6) is -1.25. The van der Waals surface area contributed by atoms with E-state index >= 15 is 0 Å². The number of anilines is 1. The lowest BCUT2D eigenvalue weighted by Gasteiger charge is -2.33. The summed E-state index contributed by atoms with van der Waals surface area (Å²) < 4.78 is 27.4. The summed E-state index contributed by atoms with van der Waals surface area (Å²) in [4.78, 5) is 13.6. The minimum atomic E-state index is -0.790. The zero-order valence-electron chi connectivity index (χ0n) is 15.5. The molecule has 2 aromatic carbocycles. The minimum Gasteiger partial charge on any atom is -0.351 e. The number of nitrogens with one attached hydrogen (secondary N) is 1. The summed E-state index contributed by atoms with van der Waals surface area (Å²) in [5, 5.41) is 2.69.